The quantitative estimate of drug-likeness (QED) is 0.681. The first-order valence-corrected chi connectivity index (χ1v) is 10.3. The number of nitrogens with one attached hydrogen (secondary N) is 1. The maximum Gasteiger partial charge on any atom is 0.435 e. The highest BCUT2D eigenvalue weighted by Crippen LogP contribution is 2.38. The van der Waals surface area contributed by atoms with Crippen LogP contribution in [0.5, 0.6) is 0 Å². The van der Waals surface area contributed by atoms with Crippen LogP contribution in [-0.4, -0.2) is 48.9 Å². The summed E-state index contributed by atoms with van der Waals surface area (Å²) < 4.78 is 39.3. The van der Waals surface area contributed by atoms with Crippen LogP contribution in [-0.2, 0) is 6.18 Å². The highest BCUT2D eigenvalue weighted by Gasteiger charge is 2.34. The summed E-state index contributed by atoms with van der Waals surface area (Å²) >= 11 is 0. The lowest BCUT2D eigenvalue weighted by atomic mass is 9.95. The molecule has 162 valence electrons. The lowest BCUT2D eigenvalue weighted by molar-refractivity contribution is -0.141. The topological polar surface area (TPSA) is 79.7 Å². The van der Waals surface area contributed by atoms with E-state index in [-0.39, 0.29) is 11.8 Å². The molecule has 1 saturated carbocycles. The zero-order chi connectivity index (χ0) is 21.6. The molecule has 0 bridgehead atoms. The van der Waals surface area contributed by atoms with E-state index in [0.717, 1.165) is 48.1 Å². The number of likely N-dealkylation sites (tertiary alicyclic amines) is 1. The van der Waals surface area contributed by atoms with Crippen molar-refractivity contribution >= 4 is 5.91 Å². The minimum atomic E-state index is -4.49. The summed E-state index contributed by atoms with van der Waals surface area (Å²) in [6.07, 6.45) is 0.716. The number of rotatable bonds is 4. The van der Waals surface area contributed by atoms with Gasteiger partial charge in [-0.05, 0) is 56.0 Å². The van der Waals surface area contributed by atoms with E-state index < -0.39 is 11.9 Å². The van der Waals surface area contributed by atoms with Gasteiger partial charge in [0.2, 0.25) is 0 Å². The molecule has 3 heterocycles. The molecule has 2 aliphatic rings. The lowest BCUT2D eigenvalue weighted by Gasteiger charge is -2.31. The van der Waals surface area contributed by atoms with E-state index in [1.165, 1.54) is 6.20 Å². The number of piperidine rings is 1. The number of hydrogen-bond acceptors (Lipinski definition) is 4. The second-order valence-corrected chi connectivity index (χ2v) is 8.11. The maximum atomic E-state index is 12.8. The zero-order valence-corrected chi connectivity index (χ0v) is 16.6. The summed E-state index contributed by atoms with van der Waals surface area (Å²) in [5.41, 5.74) is 0.00941. The summed E-state index contributed by atoms with van der Waals surface area (Å²) in [6.45, 7) is 1.25. The minimum Gasteiger partial charge on any atom is -0.339 e. The zero-order valence-electron chi connectivity index (χ0n) is 16.6. The summed E-state index contributed by atoms with van der Waals surface area (Å²) in [6, 6.07) is 7.36. The van der Waals surface area contributed by atoms with Gasteiger partial charge in [0.15, 0.2) is 11.5 Å². The maximum absolute atomic E-state index is 12.8. The molecular formula is C21H21F3N6O. The number of aromatic amines is 1. The van der Waals surface area contributed by atoms with Gasteiger partial charge in [0.1, 0.15) is 5.82 Å². The van der Waals surface area contributed by atoms with Gasteiger partial charge in [-0.1, -0.05) is 0 Å². The van der Waals surface area contributed by atoms with E-state index in [1.54, 1.807) is 29.2 Å². The van der Waals surface area contributed by atoms with Crippen molar-refractivity contribution in [3.63, 3.8) is 0 Å². The SMILES string of the molecule is O=C(c1ccc(-n2ccc(C(F)(F)F)n2)cc1)N1CCC(c2nc(C3CC3)n[nH]2)CC1. The molecule has 2 fully saturated rings. The van der Waals surface area contributed by atoms with Crippen LogP contribution in [0.25, 0.3) is 5.69 Å². The van der Waals surface area contributed by atoms with E-state index in [4.69, 9.17) is 0 Å². The number of aromatic nitrogens is 5. The molecule has 31 heavy (non-hydrogen) atoms. The molecule has 1 saturated heterocycles. The fourth-order valence-corrected chi connectivity index (χ4v) is 3.91. The first-order valence-electron chi connectivity index (χ1n) is 10.3. The van der Waals surface area contributed by atoms with Gasteiger partial charge in [-0.3, -0.25) is 9.89 Å². The van der Waals surface area contributed by atoms with E-state index in [9.17, 15) is 18.0 Å². The van der Waals surface area contributed by atoms with Crippen LogP contribution in [0.4, 0.5) is 13.2 Å². The van der Waals surface area contributed by atoms with Gasteiger partial charge in [0, 0.05) is 36.7 Å². The third-order valence-electron chi connectivity index (χ3n) is 5.89. The highest BCUT2D eigenvalue weighted by molar-refractivity contribution is 5.94. The van der Waals surface area contributed by atoms with Crippen molar-refractivity contribution in [2.75, 3.05) is 13.1 Å². The van der Waals surface area contributed by atoms with Crippen molar-refractivity contribution in [1.82, 2.24) is 29.9 Å². The van der Waals surface area contributed by atoms with Crippen LogP contribution < -0.4 is 0 Å². The second kappa shape index (κ2) is 7.51. The Kier molecular flexibility index (Phi) is 4.79. The van der Waals surface area contributed by atoms with Crippen LogP contribution in [0.3, 0.4) is 0 Å². The number of amides is 1. The predicted molar refractivity (Wildman–Crippen MR) is 105 cm³/mol. The molecule has 5 rings (SSSR count). The van der Waals surface area contributed by atoms with Crippen molar-refractivity contribution in [2.24, 2.45) is 0 Å². The van der Waals surface area contributed by atoms with Crippen molar-refractivity contribution < 1.29 is 18.0 Å². The number of halogens is 3. The Bertz CT molecular complexity index is 1080. The first kappa shape index (κ1) is 19.8. The Labute approximate surface area is 176 Å². The fraction of sp³-hybridized carbons (Fsp3) is 0.429. The van der Waals surface area contributed by atoms with Gasteiger partial charge in [-0.15, -0.1) is 0 Å². The number of H-pyrrole nitrogens is 1. The first-order chi connectivity index (χ1) is 14.9. The minimum absolute atomic E-state index is 0.0855. The van der Waals surface area contributed by atoms with Crippen LogP contribution in [0, 0.1) is 0 Å². The van der Waals surface area contributed by atoms with Crippen LogP contribution in [0.2, 0.25) is 0 Å². The number of nitrogens with zero attached hydrogens (tertiary/aromatic N) is 5. The van der Waals surface area contributed by atoms with Gasteiger partial charge < -0.3 is 4.90 Å². The molecule has 2 aromatic heterocycles. The monoisotopic (exact) mass is 430 g/mol. The van der Waals surface area contributed by atoms with Crippen molar-refractivity contribution in [2.45, 2.75) is 43.7 Å². The van der Waals surface area contributed by atoms with Gasteiger partial charge in [0.25, 0.3) is 5.91 Å². The molecule has 1 aliphatic carbocycles. The van der Waals surface area contributed by atoms with Crippen molar-refractivity contribution in [3.05, 3.63) is 59.4 Å². The number of benzene rings is 1. The molecular weight excluding hydrogens is 409 g/mol. The predicted octanol–water partition coefficient (Wildman–Crippen LogP) is 3.91. The molecule has 0 spiro atoms. The highest BCUT2D eigenvalue weighted by atomic mass is 19.4. The smallest absolute Gasteiger partial charge is 0.339 e. The van der Waals surface area contributed by atoms with E-state index >= 15 is 0 Å². The normalized spacial score (nSPS) is 17.8. The molecule has 0 unspecified atom stereocenters. The van der Waals surface area contributed by atoms with E-state index in [0.29, 0.717) is 30.3 Å². The summed E-state index contributed by atoms with van der Waals surface area (Å²) in [5, 5.41) is 10.9. The third-order valence-corrected chi connectivity index (χ3v) is 5.89. The van der Waals surface area contributed by atoms with Crippen LogP contribution >= 0.6 is 0 Å². The Morgan fingerprint density at radius 3 is 2.32 bits per heavy atom. The van der Waals surface area contributed by atoms with Gasteiger partial charge in [-0.2, -0.15) is 23.4 Å². The average Bonchev–Trinajstić information content (AvgIpc) is 3.28. The summed E-state index contributed by atoms with van der Waals surface area (Å²) in [4.78, 5) is 19.3. The second-order valence-electron chi connectivity index (χ2n) is 8.11. The standard InChI is InChI=1S/C21H21F3N6O/c22-21(23,24)17-9-12-30(28-17)16-5-3-15(4-6-16)20(31)29-10-7-14(8-11-29)19-25-18(26-27-19)13-1-2-13/h3-6,9,12-14H,1-2,7-8,10-11H2,(H,25,26,27). The largest absolute Gasteiger partial charge is 0.435 e. The van der Waals surface area contributed by atoms with Gasteiger partial charge in [-0.25, -0.2) is 9.67 Å². The Hall–Kier alpha value is -3.17. The summed E-state index contributed by atoms with van der Waals surface area (Å²) in [7, 11) is 0. The molecule has 3 aromatic rings. The molecule has 1 amide bonds. The molecule has 1 aromatic carbocycles. The number of carbonyl (C=O) groups excluding carboxylic acids is 1. The molecule has 1 N–H and O–H groups in total. The molecule has 0 radical (unpaired) electrons. The number of alkyl halides is 3. The molecule has 7 nitrogen and oxygen atoms in total. The number of hydrogen-bond donors (Lipinski definition) is 1. The van der Waals surface area contributed by atoms with Gasteiger partial charge in [0.05, 0.1) is 5.69 Å². The van der Waals surface area contributed by atoms with E-state index in [2.05, 4.69) is 20.3 Å². The fourth-order valence-electron chi connectivity index (χ4n) is 3.91. The Balaban J connectivity index is 1.21. The van der Waals surface area contributed by atoms with Gasteiger partial charge >= 0.3 is 6.18 Å². The molecule has 1 aliphatic heterocycles. The number of carbonyl (C=O) groups is 1. The lowest BCUT2D eigenvalue weighted by Crippen LogP contribution is -2.38. The van der Waals surface area contributed by atoms with Crippen molar-refractivity contribution in [1.29, 1.82) is 0 Å². The average molecular weight is 430 g/mol. The Morgan fingerprint density at radius 1 is 1.00 bits per heavy atom. The molecule has 10 heteroatoms. The Morgan fingerprint density at radius 2 is 1.71 bits per heavy atom. The van der Waals surface area contributed by atoms with Crippen LogP contribution in [0.1, 0.15) is 65.2 Å². The van der Waals surface area contributed by atoms with Crippen LogP contribution in [0.15, 0.2) is 36.5 Å². The molecule has 0 atom stereocenters. The summed E-state index contributed by atoms with van der Waals surface area (Å²) in [5.74, 6) is 2.52. The van der Waals surface area contributed by atoms with Crippen molar-refractivity contribution in [3.8, 4) is 5.69 Å². The van der Waals surface area contributed by atoms with E-state index in [1.807, 2.05) is 0 Å². The third kappa shape index (κ3) is 4.06.